The molecule has 106 valence electrons. The van der Waals surface area contributed by atoms with E-state index in [0.29, 0.717) is 19.6 Å². The molecule has 0 amide bonds. The Hall–Kier alpha value is -0.430. The van der Waals surface area contributed by atoms with Gasteiger partial charge in [0, 0.05) is 32.3 Å². The highest BCUT2D eigenvalue weighted by molar-refractivity contribution is 7.86. The molecule has 1 N–H and O–H groups in total. The van der Waals surface area contributed by atoms with Crippen molar-refractivity contribution in [2.45, 2.75) is 32.7 Å². The Balaban J connectivity index is 2.86. The zero-order valence-electron chi connectivity index (χ0n) is 11.2. The Morgan fingerprint density at radius 3 is 2.72 bits per heavy atom. The van der Waals surface area contributed by atoms with Gasteiger partial charge in [0.15, 0.2) is 0 Å². The highest BCUT2D eigenvalue weighted by atomic mass is 32.2. The van der Waals surface area contributed by atoms with Crippen molar-refractivity contribution in [3.63, 3.8) is 0 Å². The van der Waals surface area contributed by atoms with Gasteiger partial charge in [0.1, 0.15) is 0 Å². The van der Waals surface area contributed by atoms with E-state index in [1.54, 1.807) is 6.08 Å². The van der Waals surface area contributed by atoms with Crippen LogP contribution in [-0.4, -0.2) is 54.4 Å². The van der Waals surface area contributed by atoms with Gasteiger partial charge in [-0.25, -0.2) is 0 Å². The monoisotopic (exact) mass is 276 g/mol. The predicted octanol–water partition coefficient (Wildman–Crippen LogP) is 0.832. The minimum absolute atomic E-state index is 0.0508. The molecule has 1 aliphatic heterocycles. The molecule has 1 saturated heterocycles. The van der Waals surface area contributed by atoms with Crippen molar-refractivity contribution in [1.29, 1.82) is 0 Å². The fourth-order valence-electron chi connectivity index (χ4n) is 2.23. The minimum atomic E-state index is -3.44. The smallest absolute Gasteiger partial charge is 0.282 e. The van der Waals surface area contributed by atoms with Crippen molar-refractivity contribution in [3.05, 3.63) is 12.7 Å². The SMILES string of the molecule is C=CCN(C(C)C)S(=O)(=O)N1CCCC(CO)C1. The summed E-state index contributed by atoms with van der Waals surface area (Å²) in [7, 11) is -3.44. The molecule has 0 aromatic heterocycles. The molecule has 1 unspecified atom stereocenters. The lowest BCUT2D eigenvalue weighted by atomic mass is 10.0. The van der Waals surface area contributed by atoms with E-state index in [-0.39, 0.29) is 18.6 Å². The maximum atomic E-state index is 12.5. The highest BCUT2D eigenvalue weighted by Crippen LogP contribution is 2.21. The molecule has 0 aromatic carbocycles. The lowest BCUT2D eigenvalue weighted by molar-refractivity contribution is 0.160. The number of aliphatic hydroxyl groups excluding tert-OH is 1. The Kier molecular flexibility index (Phi) is 5.78. The second kappa shape index (κ2) is 6.65. The van der Waals surface area contributed by atoms with Gasteiger partial charge >= 0.3 is 0 Å². The van der Waals surface area contributed by atoms with E-state index in [9.17, 15) is 13.5 Å². The van der Waals surface area contributed by atoms with Crippen LogP contribution in [0.3, 0.4) is 0 Å². The molecule has 0 saturated carbocycles. The molecule has 0 spiro atoms. The van der Waals surface area contributed by atoms with Crippen LogP contribution in [0.25, 0.3) is 0 Å². The number of nitrogens with zero attached hydrogens (tertiary/aromatic N) is 2. The first-order valence-corrected chi connectivity index (χ1v) is 7.81. The fourth-order valence-corrected chi connectivity index (χ4v) is 4.11. The normalized spacial score (nSPS) is 22.6. The minimum Gasteiger partial charge on any atom is -0.396 e. The summed E-state index contributed by atoms with van der Waals surface area (Å²) >= 11 is 0. The summed E-state index contributed by atoms with van der Waals surface area (Å²) in [5, 5.41) is 9.17. The molecule has 0 aromatic rings. The highest BCUT2D eigenvalue weighted by Gasteiger charge is 2.34. The Labute approximate surface area is 110 Å². The molecule has 0 radical (unpaired) electrons. The zero-order chi connectivity index (χ0) is 13.8. The van der Waals surface area contributed by atoms with E-state index in [1.807, 2.05) is 13.8 Å². The van der Waals surface area contributed by atoms with Crippen LogP contribution in [0.4, 0.5) is 0 Å². The number of hydrogen-bond acceptors (Lipinski definition) is 3. The van der Waals surface area contributed by atoms with Gasteiger partial charge in [-0.3, -0.25) is 0 Å². The first-order chi connectivity index (χ1) is 8.43. The predicted molar refractivity (Wildman–Crippen MR) is 72.3 cm³/mol. The van der Waals surface area contributed by atoms with E-state index in [0.717, 1.165) is 12.8 Å². The quantitative estimate of drug-likeness (QED) is 0.731. The van der Waals surface area contributed by atoms with Crippen LogP contribution >= 0.6 is 0 Å². The maximum Gasteiger partial charge on any atom is 0.282 e. The topological polar surface area (TPSA) is 60.9 Å². The average Bonchev–Trinajstić information content (AvgIpc) is 2.35. The van der Waals surface area contributed by atoms with E-state index in [2.05, 4.69) is 6.58 Å². The van der Waals surface area contributed by atoms with Crippen LogP contribution in [0, 0.1) is 5.92 Å². The summed E-state index contributed by atoms with van der Waals surface area (Å²) < 4.78 is 27.9. The van der Waals surface area contributed by atoms with Crippen LogP contribution in [0.5, 0.6) is 0 Å². The second-order valence-corrected chi connectivity index (χ2v) is 6.89. The number of hydrogen-bond donors (Lipinski definition) is 1. The summed E-state index contributed by atoms with van der Waals surface area (Å²) in [6.45, 7) is 8.65. The molecule has 18 heavy (non-hydrogen) atoms. The number of rotatable bonds is 6. The summed E-state index contributed by atoms with van der Waals surface area (Å²) in [5.74, 6) is 0.0614. The van der Waals surface area contributed by atoms with E-state index in [4.69, 9.17) is 0 Å². The molecule has 1 heterocycles. The van der Waals surface area contributed by atoms with Gasteiger partial charge < -0.3 is 5.11 Å². The molecule has 1 atom stereocenters. The van der Waals surface area contributed by atoms with Crippen molar-refractivity contribution < 1.29 is 13.5 Å². The van der Waals surface area contributed by atoms with Crippen LogP contribution in [-0.2, 0) is 10.2 Å². The molecule has 1 fully saturated rings. The van der Waals surface area contributed by atoms with E-state index < -0.39 is 10.2 Å². The number of piperidine rings is 1. The van der Waals surface area contributed by atoms with Crippen molar-refractivity contribution in [2.75, 3.05) is 26.2 Å². The van der Waals surface area contributed by atoms with E-state index in [1.165, 1.54) is 8.61 Å². The Morgan fingerprint density at radius 2 is 2.22 bits per heavy atom. The van der Waals surface area contributed by atoms with Crippen molar-refractivity contribution in [2.24, 2.45) is 5.92 Å². The third-order valence-corrected chi connectivity index (χ3v) is 5.40. The standard InChI is InChI=1S/C12H24N2O3S/c1-4-7-14(11(2)3)18(16,17)13-8-5-6-12(9-13)10-15/h4,11-12,15H,1,5-10H2,2-3H3. The van der Waals surface area contributed by atoms with Gasteiger partial charge in [-0.05, 0) is 32.6 Å². The van der Waals surface area contributed by atoms with E-state index >= 15 is 0 Å². The molecular weight excluding hydrogens is 252 g/mol. The second-order valence-electron chi connectivity index (χ2n) is 5.01. The van der Waals surface area contributed by atoms with Crippen molar-refractivity contribution in [3.8, 4) is 0 Å². The summed E-state index contributed by atoms with van der Waals surface area (Å²) in [5.41, 5.74) is 0. The summed E-state index contributed by atoms with van der Waals surface area (Å²) in [6, 6.07) is -0.0949. The van der Waals surface area contributed by atoms with Crippen LogP contribution in [0.1, 0.15) is 26.7 Å². The van der Waals surface area contributed by atoms with Gasteiger partial charge in [-0.1, -0.05) is 6.08 Å². The lowest BCUT2D eigenvalue weighted by Crippen LogP contribution is -2.50. The van der Waals surface area contributed by atoms with Crippen LogP contribution in [0.15, 0.2) is 12.7 Å². The van der Waals surface area contributed by atoms with Crippen LogP contribution in [0.2, 0.25) is 0 Å². The average molecular weight is 276 g/mol. The van der Waals surface area contributed by atoms with Crippen molar-refractivity contribution in [1.82, 2.24) is 8.61 Å². The molecule has 0 bridgehead atoms. The maximum absolute atomic E-state index is 12.5. The summed E-state index contributed by atoms with van der Waals surface area (Å²) in [4.78, 5) is 0. The van der Waals surface area contributed by atoms with Gasteiger partial charge in [0.2, 0.25) is 0 Å². The lowest BCUT2D eigenvalue weighted by Gasteiger charge is -2.36. The zero-order valence-corrected chi connectivity index (χ0v) is 12.1. The molecule has 0 aliphatic carbocycles. The molecule has 1 aliphatic rings. The third-order valence-electron chi connectivity index (χ3n) is 3.25. The van der Waals surface area contributed by atoms with Gasteiger partial charge in [0.05, 0.1) is 0 Å². The largest absolute Gasteiger partial charge is 0.396 e. The van der Waals surface area contributed by atoms with Gasteiger partial charge in [0.25, 0.3) is 10.2 Å². The Morgan fingerprint density at radius 1 is 1.56 bits per heavy atom. The van der Waals surface area contributed by atoms with Gasteiger partial charge in [-0.2, -0.15) is 17.0 Å². The molecule has 1 rings (SSSR count). The van der Waals surface area contributed by atoms with Crippen LogP contribution < -0.4 is 0 Å². The molecular formula is C12H24N2O3S. The Bertz CT molecular complexity index is 368. The van der Waals surface area contributed by atoms with Crippen molar-refractivity contribution >= 4 is 10.2 Å². The molecule has 5 nitrogen and oxygen atoms in total. The number of aliphatic hydroxyl groups is 1. The van der Waals surface area contributed by atoms with Gasteiger partial charge in [-0.15, -0.1) is 6.58 Å². The first kappa shape index (κ1) is 15.6. The third kappa shape index (κ3) is 3.54. The summed E-state index contributed by atoms with van der Waals surface area (Å²) in [6.07, 6.45) is 3.31. The first-order valence-electron chi connectivity index (χ1n) is 6.42. The molecule has 6 heteroatoms. The fraction of sp³-hybridized carbons (Fsp3) is 0.833.